The van der Waals surface area contributed by atoms with Gasteiger partial charge >= 0.3 is 12.1 Å². The summed E-state index contributed by atoms with van der Waals surface area (Å²) in [5, 5.41) is 2.36. The standard InChI is InChI=1S/C10H12Cl3NO6/c1-4(19-9(17)18-3-10(11,12)13)6-7(16)14-8(6)20-5(2)15/h4,6,8H,3H2,1-2H3,(H,14,16)/t4-,6+,8-/m1/s1. The summed E-state index contributed by atoms with van der Waals surface area (Å²) in [5.74, 6) is -1.77. The van der Waals surface area contributed by atoms with Gasteiger partial charge in [0.2, 0.25) is 9.70 Å². The fourth-order valence-corrected chi connectivity index (χ4v) is 1.67. The Labute approximate surface area is 129 Å². The van der Waals surface area contributed by atoms with Crippen LogP contribution in [-0.4, -0.2) is 40.8 Å². The van der Waals surface area contributed by atoms with E-state index in [-0.39, 0.29) is 0 Å². The monoisotopic (exact) mass is 347 g/mol. The summed E-state index contributed by atoms with van der Waals surface area (Å²) >= 11 is 16.2. The van der Waals surface area contributed by atoms with Crippen LogP contribution >= 0.6 is 34.8 Å². The number of halogens is 3. The van der Waals surface area contributed by atoms with Gasteiger partial charge in [-0.1, -0.05) is 34.8 Å². The van der Waals surface area contributed by atoms with Crippen molar-refractivity contribution in [2.24, 2.45) is 5.92 Å². The van der Waals surface area contributed by atoms with Crippen molar-refractivity contribution in [3.05, 3.63) is 0 Å². The molecule has 1 fully saturated rings. The van der Waals surface area contributed by atoms with Crippen LogP contribution in [0.2, 0.25) is 0 Å². The summed E-state index contributed by atoms with van der Waals surface area (Å²) in [7, 11) is 0. The van der Waals surface area contributed by atoms with Crippen LogP contribution < -0.4 is 5.32 Å². The van der Waals surface area contributed by atoms with Gasteiger partial charge in [-0.15, -0.1) is 0 Å². The van der Waals surface area contributed by atoms with Crippen LogP contribution in [0, 0.1) is 5.92 Å². The molecule has 0 aliphatic carbocycles. The Morgan fingerprint density at radius 3 is 2.45 bits per heavy atom. The number of amides is 1. The Bertz CT molecular complexity index is 410. The van der Waals surface area contributed by atoms with Gasteiger partial charge in [-0.05, 0) is 6.92 Å². The van der Waals surface area contributed by atoms with E-state index < -0.39 is 46.7 Å². The van der Waals surface area contributed by atoms with Crippen molar-refractivity contribution in [3.63, 3.8) is 0 Å². The second-order valence-corrected chi connectivity index (χ2v) is 6.56. The van der Waals surface area contributed by atoms with Gasteiger partial charge in [-0.3, -0.25) is 9.59 Å². The Morgan fingerprint density at radius 1 is 1.40 bits per heavy atom. The van der Waals surface area contributed by atoms with Gasteiger partial charge in [0.15, 0.2) is 6.23 Å². The van der Waals surface area contributed by atoms with Crippen LogP contribution in [0.1, 0.15) is 13.8 Å². The van der Waals surface area contributed by atoms with E-state index in [1.807, 2.05) is 0 Å². The molecule has 0 saturated carbocycles. The predicted molar refractivity (Wildman–Crippen MR) is 69.4 cm³/mol. The number of rotatable bonds is 4. The first-order valence-corrected chi connectivity index (χ1v) is 6.61. The first-order chi connectivity index (χ1) is 9.10. The molecule has 10 heteroatoms. The molecule has 114 valence electrons. The van der Waals surface area contributed by atoms with E-state index in [9.17, 15) is 14.4 Å². The maximum atomic E-state index is 11.4. The molecule has 1 aliphatic rings. The summed E-state index contributed by atoms with van der Waals surface area (Å²) in [6.07, 6.45) is -2.79. The summed E-state index contributed by atoms with van der Waals surface area (Å²) in [4.78, 5) is 33.5. The van der Waals surface area contributed by atoms with Gasteiger partial charge < -0.3 is 19.5 Å². The molecular weight excluding hydrogens is 336 g/mol. The Kier molecular flexibility index (Phi) is 5.73. The largest absolute Gasteiger partial charge is 0.508 e. The van der Waals surface area contributed by atoms with Gasteiger partial charge in [-0.2, -0.15) is 0 Å². The minimum atomic E-state index is -1.75. The summed E-state index contributed by atoms with van der Waals surface area (Å²) in [6.45, 7) is 2.16. The lowest BCUT2D eigenvalue weighted by Gasteiger charge is -2.38. The molecule has 0 bridgehead atoms. The third-order valence-electron chi connectivity index (χ3n) is 2.35. The van der Waals surface area contributed by atoms with Crippen molar-refractivity contribution in [1.29, 1.82) is 0 Å². The van der Waals surface area contributed by atoms with Crippen LogP contribution in [0.5, 0.6) is 0 Å². The maximum Gasteiger partial charge on any atom is 0.508 e. The highest BCUT2D eigenvalue weighted by molar-refractivity contribution is 6.67. The van der Waals surface area contributed by atoms with Gasteiger partial charge in [0, 0.05) is 6.92 Å². The lowest BCUT2D eigenvalue weighted by molar-refractivity contribution is -0.174. The number of alkyl halides is 3. The van der Waals surface area contributed by atoms with Crippen LogP contribution in [0.3, 0.4) is 0 Å². The quantitative estimate of drug-likeness (QED) is 0.471. The van der Waals surface area contributed by atoms with Crippen molar-refractivity contribution in [3.8, 4) is 0 Å². The second kappa shape index (κ2) is 6.69. The number of β-lactam (4-membered cyclic amide) rings is 1. The lowest BCUT2D eigenvalue weighted by atomic mass is 9.93. The molecule has 0 spiro atoms. The molecule has 7 nitrogen and oxygen atoms in total. The Balaban J connectivity index is 2.44. The van der Waals surface area contributed by atoms with E-state index >= 15 is 0 Å². The fourth-order valence-electron chi connectivity index (χ4n) is 1.51. The number of ether oxygens (including phenoxy) is 3. The van der Waals surface area contributed by atoms with Crippen LogP contribution in [-0.2, 0) is 23.8 Å². The number of hydrogen-bond donors (Lipinski definition) is 1. The number of hydrogen-bond acceptors (Lipinski definition) is 6. The Morgan fingerprint density at radius 2 is 2.00 bits per heavy atom. The van der Waals surface area contributed by atoms with Crippen molar-refractivity contribution >= 4 is 52.8 Å². The molecule has 0 radical (unpaired) electrons. The first-order valence-electron chi connectivity index (χ1n) is 5.48. The molecule has 1 rings (SSSR count). The fraction of sp³-hybridized carbons (Fsp3) is 0.700. The zero-order valence-electron chi connectivity index (χ0n) is 10.5. The van der Waals surface area contributed by atoms with E-state index in [1.165, 1.54) is 13.8 Å². The molecule has 1 amide bonds. The molecule has 0 aromatic carbocycles. The van der Waals surface area contributed by atoms with Crippen molar-refractivity contribution in [1.82, 2.24) is 5.32 Å². The summed E-state index contributed by atoms with van der Waals surface area (Å²) < 4.78 is 12.5. The van der Waals surface area contributed by atoms with E-state index in [2.05, 4.69) is 10.1 Å². The van der Waals surface area contributed by atoms with Crippen molar-refractivity contribution in [2.75, 3.05) is 6.61 Å². The first kappa shape index (κ1) is 17.1. The topological polar surface area (TPSA) is 90.9 Å². The van der Waals surface area contributed by atoms with Gasteiger partial charge in [0.1, 0.15) is 18.6 Å². The molecule has 1 saturated heterocycles. The molecule has 3 atom stereocenters. The van der Waals surface area contributed by atoms with Crippen LogP contribution in [0.25, 0.3) is 0 Å². The van der Waals surface area contributed by atoms with Crippen LogP contribution in [0.15, 0.2) is 0 Å². The van der Waals surface area contributed by atoms with E-state index in [0.29, 0.717) is 0 Å². The lowest BCUT2D eigenvalue weighted by Crippen LogP contribution is -2.63. The number of carbonyl (C=O) groups excluding carboxylic acids is 3. The van der Waals surface area contributed by atoms with Gasteiger partial charge in [0.25, 0.3) is 0 Å². The second-order valence-electron chi connectivity index (χ2n) is 4.04. The molecule has 20 heavy (non-hydrogen) atoms. The molecule has 0 aromatic heterocycles. The molecule has 0 unspecified atom stereocenters. The highest BCUT2D eigenvalue weighted by atomic mass is 35.6. The number of carbonyl (C=O) groups is 3. The number of nitrogens with one attached hydrogen (secondary N) is 1. The molecule has 1 aliphatic heterocycles. The molecular formula is C10H12Cl3NO6. The number of esters is 1. The zero-order valence-corrected chi connectivity index (χ0v) is 12.8. The normalized spacial score (nSPS) is 23.1. The third-order valence-corrected chi connectivity index (χ3v) is 2.68. The average molecular weight is 349 g/mol. The molecule has 1 N–H and O–H groups in total. The van der Waals surface area contributed by atoms with Crippen molar-refractivity contribution < 1.29 is 28.6 Å². The minimum absolute atomic E-state index is 0.405. The van der Waals surface area contributed by atoms with Gasteiger partial charge in [-0.25, -0.2) is 4.79 Å². The minimum Gasteiger partial charge on any atom is -0.441 e. The predicted octanol–water partition coefficient (Wildman–Crippen LogP) is 1.53. The highest BCUT2D eigenvalue weighted by Gasteiger charge is 2.47. The maximum absolute atomic E-state index is 11.4. The summed E-state index contributed by atoms with van der Waals surface area (Å²) in [5.41, 5.74) is 0. The van der Waals surface area contributed by atoms with Crippen molar-refractivity contribution in [2.45, 2.75) is 30.0 Å². The summed E-state index contributed by atoms with van der Waals surface area (Å²) in [6, 6.07) is 0. The third kappa shape index (κ3) is 5.22. The average Bonchev–Trinajstić information content (AvgIpc) is 2.23. The van der Waals surface area contributed by atoms with Gasteiger partial charge in [0.05, 0.1) is 0 Å². The smallest absolute Gasteiger partial charge is 0.441 e. The van der Waals surface area contributed by atoms with Crippen LogP contribution in [0.4, 0.5) is 4.79 Å². The molecule has 1 heterocycles. The molecule has 0 aromatic rings. The van der Waals surface area contributed by atoms with E-state index in [4.69, 9.17) is 44.3 Å². The zero-order chi connectivity index (χ0) is 15.5. The SMILES string of the molecule is CC(=O)O[C@H]1NC(=O)[C@@H]1[C@@H](C)OC(=O)OCC(Cl)(Cl)Cl. The van der Waals surface area contributed by atoms with E-state index in [1.54, 1.807) is 0 Å². The Hall–Kier alpha value is -0.920. The van der Waals surface area contributed by atoms with E-state index in [0.717, 1.165) is 0 Å². The highest BCUT2D eigenvalue weighted by Crippen LogP contribution is 2.27.